The fraction of sp³-hybridized carbons (Fsp3) is 0.154. The number of aliphatic hydroxyl groups excluding tert-OH is 1. The summed E-state index contributed by atoms with van der Waals surface area (Å²) in [6, 6.07) is 8.83. The Morgan fingerprint density at radius 3 is 2.65 bits per heavy atom. The first-order valence-electron chi connectivity index (χ1n) is 5.21. The molecule has 0 bridgehead atoms. The summed E-state index contributed by atoms with van der Waals surface area (Å²) in [5.74, 6) is -0.386. The summed E-state index contributed by atoms with van der Waals surface area (Å²) in [5.41, 5.74) is 2.00. The number of ether oxygens (including phenoxy) is 1. The van der Waals surface area contributed by atoms with Crippen LogP contribution in [0.4, 0.5) is 0 Å². The molecule has 0 fully saturated rings. The fourth-order valence-corrected chi connectivity index (χ4v) is 1.68. The lowest BCUT2D eigenvalue weighted by molar-refractivity contribution is 0.0600. The van der Waals surface area contributed by atoms with Crippen molar-refractivity contribution in [1.29, 1.82) is 0 Å². The zero-order valence-electron chi connectivity index (χ0n) is 9.46. The lowest BCUT2D eigenvalue weighted by atomic mass is 10.1. The standard InChI is InChI=1S/C13H13NO3/c1-17-13(16)10-4-5-11(9-15)12(8-10)14-6-2-3-7-14/h2-8,15H,9H2,1H3. The highest BCUT2D eigenvalue weighted by Gasteiger charge is 2.10. The molecule has 0 unspecified atom stereocenters. The predicted octanol–water partition coefficient (Wildman–Crippen LogP) is 1.76. The van der Waals surface area contributed by atoms with Crippen molar-refractivity contribution in [3.63, 3.8) is 0 Å². The average molecular weight is 231 g/mol. The molecule has 1 heterocycles. The predicted molar refractivity (Wildman–Crippen MR) is 63.0 cm³/mol. The van der Waals surface area contributed by atoms with E-state index in [-0.39, 0.29) is 12.6 Å². The molecule has 1 aromatic heterocycles. The topological polar surface area (TPSA) is 51.5 Å². The molecule has 2 rings (SSSR count). The largest absolute Gasteiger partial charge is 0.465 e. The third kappa shape index (κ3) is 2.21. The molecule has 0 radical (unpaired) electrons. The maximum absolute atomic E-state index is 11.4. The summed E-state index contributed by atoms with van der Waals surface area (Å²) in [7, 11) is 1.34. The first-order valence-corrected chi connectivity index (χ1v) is 5.21. The van der Waals surface area contributed by atoms with Crippen LogP contribution in [0.25, 0.3) is 5.69 Å². The number of nitrogens with zero attached hydrogens (tertiary/aromatic N) is 1. The van der Waals surface area contributed by atoms with Gasteiger partial charge in [-0.1, -0.05) is 6.07 Å². The van der Waals surface area contributed by atoms with E-state index in [1.807, 2.05) is 29.1 Å². The lowest BCUT2D eigenvalue weighted by Crippen LogP contribution is -2.05. The van der Waals surface area contributed by atoms with Gasteiger partial charge in [0.1, 0.15) is 0 Å². The van der Waals surface area contributed by atoms with Crippen LogP contribution in [0.3, 0.4) is 0 Å². The van der Waals surface area contributed by atoms with Crippen LogP contribution in [0.5, 0.6) is 0 Å². The van der Waals surface area contributed by atoms with E-state index in [1.54, 1.807) is 18.2 Å². The first-order chi connectivity index (χ1) is 8.26. The van der Waals surface area contributed by atoms with Crippen LogP contribution in [0.2, 0.25) is 0 Å². The maximum Gasteiger partial charge on any atom is 0.337 e. The third-order valence-electron chi connectivity index (χ3n) is 2.56. The Bertz CT molecular complexity index is 517. The molecule has 4 heteroatoms. The molecule has 0 aliphatic rings. The van der Waals surface area contributed by atoms with Crippen LogP contribution in [0.1, 0.15) is 15.9 Å². The summed E-state index contributed by atoms with van der Waals surface area (Å²) >= 11 is 0. The van der Waals surface area contributed by atoms with Crippen molar-refractivity contribution in [3.05, 3.63) is 53.9 Å². The minimum Gasteiger partial charge on any atom is -0.465 e. The Balaban J connectivity index is 2.51. The molecule has 1 aromatic carbocycles. The molecule has 1 N–H and O–H groups in total. The summed E-state index contributed by atoms with van der Waals surface area (Å²) in [5, 5.41) is 9.27. The molecular weight excluding hydrogens is 218 g/mol. The molecular formula is C13H13NO3. The van der Waals surface area contributed by atoms with Crippen molar-refractivity contribution >= 4 is 5.97 Å². The molecule has 2 aromatic rings. The van der Waals surface area contributed by atoms with Gasteiger partial charge in [-0.3, -0.25) is 0 Å². The van der Waals surface area contributed by atoms with Crippen molar-refractivity contribution in [2.24, 2.45) is 0 Å². The van der Waals surface area contributed by atoms with Crippen molar-refractivity contribution in [2.75, 3.05) is 7.11 Å². The Hall–Kier alpha value is -2.07. The molecule has 17 heavy (non-hydrogen) atoms. The fourth-order valence-electron chi connectivity index (χ4n) is 1.68. The molecule has 0 atom stereocenters. The van der Waals surface area contributed by atoms with E-state index in [4.69, 9.17) is 0 Å². The van der Waals surface area contributed by atoms with Gasteiger partial charge in [0, 0.05) is 18.0 Å². The maximum atomic E-state index is 11.4. The number of carbonyl (C=O) groups is 1. The van der Waals surface area contributed by atoms with E-state index in [2.05, 4.69) is 4.74 Å². The summed E-state index contributed by atoms with van der Waals surface area (Å²) in [4.78, 5) is 11.4. The van der Waals surface area contributed by atoms with Gasteiger partial charge in [0.15, 0.2) is 0 Å². The van der Waals surface area contributed by atoms with Crippen LogP contribution >= 0.6 is 0 Å². The van der Waals surface area contributed by atoms with Gasteiger partial charge in [-0.25, -0.2) is 4.79 Å². The molecule has 0 amide bonds. The van der Waals surface area contributed by atoms with E-state index in [1.165, 1.54) is 7.11 Å². The van der Waals surface area contributed by atoms with Crippen LogP contribution < -0.4 is 0 Å². The Kier molecular flexibility index (Phi) is 3.25. The Labute approximate surface area is 99.1 Å². The average Bonchev–Trinajstić information content (AvgIpc) is 2.90. The third-order valence-corrected chi connectivity index (χ3v) is 2.56. The number of rotatable bonds is 3. The molecule has 0 saturated heterocycles. The zero-order chi connectivity index (χ0) is 12.3. The minimum absolute atomic E-state index is 0.0744. The van der Waals surface area contributed by atoms with E-state index < -0.39 is 0 Å². The number of carbonyl (C=O) groups excluding carboxylic acids is 1. The van der Waals surface area contributed by atoms with Gasteiger partial charge in [0.25, 0.3) is 0 Å². The zero-order valence-corrected chi connectivity index (χ0v) is 9.46. The second-order valence-corrected chi connectivity index (χ2v) is 3.58. The van der Waals surface area contributed by atoms with Crippen molar-refractivity contribution in [3.8, 4) is 5.69 Å². The normalized spacial score (nSPS) is 10.2. The van der Waals surface area contributed by atoms with Crippen molar-refractivity contribution < 1.29 is 14.6 Å². The molecule has 0 saturated carbocycles. The number of aliphatic hydroxyl groups is 1. The Morgan fingerprint density at radius 1 is 1.35 bits per heavy atom. The molecule has 0 aliphatic carbocycles. The molecule has 4 nitrogen and oxygen atoms in total. The minimum atomic E-state index is -0.386. The smallest absolute Gasteiger partial charge is 0.337 e. The molecule has 0 aliphatic heterocycles. The summed E-state index contributed by atoms with van der Waals surface area (Å²) in [6.45, 7) is -0.0744. The summed E-state index contributed by atoms with van der Waals surface area (Å²) in [6.07, 6.45) is 3.71. The van der Waals surface area contributed by atoms with Crippen LogP contribution in [0, 0.1) is 0 Å². The second-order valence-electron chi connectivity index (χ2n) is 3.58. The van der Waals surface area contributed by atoms with Crippen LogP contribution in [0.15, 0.2) is 42.7 Å². The van der Waals surface area contributed by atoms with E-state index >= 15 is 0 Å². The highest BCUT2D eigenvalue weighted by molar-refractivity contribution is 5.90. The van der Waals surface area contributed by atoms with Gasteiger partial charge >= 0.3 is 5.97 Å². The highest BCUT2D eigenvalue weighted by Crippen LogP contribution is 2.18. The van der Waals surface area contributed by atoms with Crippen LogP contribution in [-0.4, -0.2) is 22.8 Å². The van der Waals surface area contributed by atoms with Crippen molar-refractivity contribution in [2.45, 2.75) is 6.61 Å². The first kappa shape index (κ1) is 11.4. The SMILES string of the molecule is COC(=O)c1ccc(CO)c(-n2cccc2)c1. The Morgan fingerprint density at radius 2 is 2.06 bits per heavy atom. The van der Waals surface area contributed by atoms with Crippen molar-refractivity contribution in [1.82, 2.24) is 4.57 Å². The molecule has 88 valence electrons. The monoisotopic (exact) mass is 231 g/mol. The number of methoxy groups -OCH3 is 1. The van der Waals surface area contributed by atoms with E-state index in [0.717, 1.165) is 11.3 Å². The van der Waals surface area contributed by atoms with Gasteiger partial charge in [0.05, 0.1) is 25.0 Å². The quantitative estimate of drug-likeness (QED) is 0.819. The van der Waals surface area contributed by atoms with Gasteiger partial charge in [-0.15, -0.1) is 0 Å². The van der Waals surface area contributed by atoms with Gasteiger partial charge in [-0.05, 0) is 24.3 Å². The lowest BCUT2D eigenvalue weighted by Gasteiger charge is -2.10. The number of aromatic nitrogens is 1. The summed E-state index contributed by atoms with van der Waals surface area (Å²) < 4.78 is 6.52. The van der Waals surface area contributed by atoms with Gasteiger partial charge in [-0.2, -0.15) is 0 Å². The van der Waals surface area contributed by atoms with Crippen LogP contribution in [-0.2, 0) is 11.3 Å². The van der Waals surface area contributed by atoms with Gasteiger partial charge in [0.2, 0.25) is 0 Å². The number of esters is 1. The number of benzene rings is 1. The van der Waals surface area contributed by atoms with E-state index in [9.17, 15) is 9.90 Å². The van der Waals surface area contributed by atoms with E-state index in [0.29, 0.717) is 5.56 Å². The highest BCUT2D eigenvalue weighted by atomic mass is 16.5. The number of hydrogen-bond acceptors (Lipinski definition) is 3. The number of hydrogen-bond donors (Lipinski definition) is 1. The second kappa shape index (κ2) is 4.84. The molecule has 0 spiro atoms. The van der Waals surface area contributed by atoms with Gasteiger partial charge < -0.3 is 14.4 Å².